The molecule has 0 aromatic heterocycles. The number of hydrogen-bond donors (Lipinski definition) is 2. The number of hydrogen-bond acceptors (Lipinski definition) is 5. The molecule has 0 saturated carbocycles. The van der Waals surface area contributed by atoms with Gasteiger partial charge >= 0.3 is 0 Å². The minimum absolute atomic E-state index is 0.0409. The summed E-state index contributed by atoms with van der Waals surface area (Å²) in [5.41, 5.74) is 0.842. The molecule has 1 heterocycles. The maximum Gasteiger partial charge on any atom is 0.290 e. The second kappa shape index (κ2) is 9.41. The van der Waals surface area contributed by atoms with Gasteiger partial charge in [0.15, 0.2) is 0 Å². The number of benzene rings is 2. The van der Waals surface area contributed by atoms with Crippen molar-refractivity contribution >= 4 is 45.7 Å². The number of amides is 3. The fourth-order valence-electron chi connectivity index (χ4n) is 2.88. The van der Waals surface area contributed by atoms with Crippen LogP contribution in [-0.4, -0.2) is 30.2 Å². The first kappa shape index (κ1) is 19.9. The first-order valence-corrected chi connectivity index (χ1v) is 10.1. The lowest BCUT2D eigenvalue weighted by Crippen LogP contribution is -2.24. The lowest BCUT2D eigenvalue weighted by atomic mass is 10.0. The Balaban J connectivity index is 1.72. The number of imide groups is 1. The van der Waals surface area contributed by atoms with Gasteiger partial charge in [-0.15, -0.1) is 0 Å². The third-order valence-corrected chi connectivity index (χ3v) is 5.03. The molecule has 7 heteroatoms. The van der Waals surface area contributed by atoms with Crippen LogP contribution in [0.5, 0.6) is 5.75 Å². The van der Waals surface area contributed by atoms with Crippen molar-refractivity contribution in [2.45, 2.75) is 26.2 Å². The van der Waals surface area contributed by atoms with E-state index in [0.29, 0.717) is 30.9 Å². The Morgan fingerprint density at radius 2 is 1.96 bits per heavy atom. The van der Waals surface area contributed by atoms with Gasteiger partial charge in [0.2, 0.25) is 5.91 Å². The highest BCUT2D eigenvalue weighted by Gasteiger charge is 2.25. The summed E-state index contributed by atoms with van der Waals surface area (Å²) in [5, 5.41) is 6.60. The average Bonchev–Trinajstić information content (AvgIpc) is 3.01. The summed E-state index contributed by atoms with van der Waals surface area (Å²) in [4.78, 5) is 35.2. The van der Waals surface area contributed by atoms with Gasteiger partial charge < -0.3 is 10.1 Å². The highest BCUT2D eigenvalue weighted by molar-refractivity contribution is 8.18. The highest BCUT2D eigenvalue weighted by atomic mass is 32.2. The Bertz CT molecular complexity index is 939. The summed E-state index contributed by atoms with van der Waals surface area (Å²) >= 11 is 0.899. The number of thioether (sulfide) groups is 1. The monoisotopic (exact) mass is 398 g/mol. The zero-order valence-corrected chi connectivity index (χ0v) is 16.4. The number of carbonyl (C=O) groups is 3. The second-order valence-corrected chi connectivity index (χ2v) is 7.37. The molecule has 0 aliphatic carbocycles. The maximum atomic E-state index is 11.8. The molecule has 3 rings (SSSR count). The SMILES string of the molecule is CCCNC(=O)CCCOc1ccc(C=C2SC(=O)NC2=O)c2ccccc12. The van der Waals surface area contributed by atoms with Gasteiger partial charge in [-0.1, -0.05) is 37.3 Å². The minimum Gasteiger partial charge on any atom is -0.493 e. The molecule has 2 N–H and O–H groups in total. The minimum atomic E-state index is -0.374. The Morgan fingerprint density at radius 3 is 2.68 bits per heavy atom. The molecule has 1 saturated heterocycles. The summed E-state index contributed by atoms with van der Waals surface area (Å²) in [6, 6.07) is 11.5. The molecule has 146 valence electrons. The topological polar surface area (TPSA) is 84.5 Å². The molecule has 0 atom stereocenters. The number of nitrogens with one attached hydrogen (secondary N) is 2. The van der Waals surface area contributed by atoms with E-state index in [1.54, 1.807) is 6.08 Å². The Kier molecular flexibility index (Phi) is 6.71. The predicted molar refractivity (Wildman–Crippen MR) is 111 cm³/mol. The molecule has 0 spiro atoms. The molecule has 28 heavy (non-hydrogen) atoms. The number of carbonyl (C=O) groups excluding carboxylic acids is 3. The molecule has 1 fully saturated rings. The van der Waals surface area contributed by atoms with Crippen molar-refractivity contribution < 1.29 is 19.1 Å². The molecule has 2 aromatic carbocycles. The normalized spacial score (nSPS) is 15.1. The van der Waals surface area contributed by atoms with E-state index in [4.69, 9.17) is 4.74 Å². The molecule has 0 unspecified atom stereocenters. The first-order valence-electron chi connectivity index (χ1n) is 9.24. The van der Waals surface area contributed by atoms with Gasteiger partial charge in [-0.05, 0) is 47.7 Å². The quantitative estimate of drug-likeness (QED) is 0.521. The average molecular weight is 398 g/mol. The van der Waals surface area contributed by atoms with Crippen LogP contribution in [0.4, 0.5) is 4.79 Å². The van der Waals surface area contributed by atoms with Crippen molar-refractivity contribution in [3.8, 4) is 5.75 Å². The fraction of sp³-hybridized carbons (Fsp3) is 0.286. The molecular weight excluding hydrogens is 376 g/mol. The van der Waals surface area contributed by atoms with E-state index in [2.05, 4.69) is 10.6 Å². The van der Waals surface area contributed by atoms with Crippen LogP contribution < -0.4 is 15.4 Å². The lowest BCUT2D eigenvalue weighted by molar-refractivity contribution is -0.121. The molecule has 1 aliphatic heterocycles. The van der Waals surface area contributed by atoms with Gasteiger partial charge in [0.25, 0.3) is 11.1 Å². The van der Waals surface area contributed by atoms with E-state index < -0.39 is 0 Å². The van der Waals surface area contributed by atoms with Crippen LogP contribution >= 0.6 is 11.8 Å². The van der Waals surface area contributed by atoms with E-state index in [9.17, 15) is 14.4 Å². The van der Waals surface area contributed by atoms with Crippen LogP contribution in [0.15, 0.2) is 41.3 Å². The Morgan fingerprint density at radius 1 is 1.18 bits per heavy atom. The van der Waals surface area contributed by atoms with Crippen LogP contribution in [0.25, 0.3) is 16.8 Å². The zero-order valence-electron chi connectivity index (χ0n) is 15.6. The van der Waals surface area contributed by atoms with Gasteiger partial charge in [0.05, 0.1) is 11.5 Å². The van der Waals surface area contributed by atoms with E-state index in [1.807, 2.05) is 43.3 Å². The summed E-state index contributed by atoms with van der Waals surface area (Å²) < 4.78 is 5.90. The summed E-state index contributed by atoms with van der Waals surface area (Å²) in [6.45, 7) is 3.16. The maximum absolute atomic E-state index is 11.8. The second-order valence-electron chi connectivity index (χ2n) is 6.35. The molecule has 0 bridgehead atoms. The zero-order chi connectivity index (χ0) is 19.9. The van der Waals surface area contributed by atoms with Crippen LogP contribution in [0.1, 0.15) is 31.7 Å². The third-order valence-electron chi connectivity index (χ3n) is 4.22. The van der Waals surface area contributed by atoms with Crippen LogP contribution in [-0.2, 0) is 9.59 Å². The molecule has 3 amide bonds. The van der Waals surface area contributed by atoms with E-state index in [1.165, 1.54) is 0 Å². The number of rotatable bonds is 8. The van der Waals surface area contributed by atoms with Crippen molar-refractivity contribution in [2.24, 2.45) is 0 Å². The molecular formula is C21H22N2O4S. The van der Waals surface area contributed by atoms with Crippen molar-refractivity contribution in [1.82, 2.24) is 10.6 Å². The van der Waals surface area contributed by atoms with Crippen molar-refractivity contribution in [3.63, 3.8) is 0 Å². The van der Waals surface area contributed by atoms with Gasteiger partial charge in [-0.25, -0.2) is 0 Å². The van der Waals surface area contributed by atoms with Gasteiger partial charge in [-0.3, -0.25) is 19.7 Å². The summed E-state index contributed by atoms with van der Waals surface area (Å²) in [5.74, 6) is 0.395. The van der Waals surface area contributed by atoms with Gasteiger partial charge in [0.1, 0.15) is 5.75 Å². The summed E-state index contributed by atoms with van der Waals surface area (Å²) in [6.07, 6.45) is 3.71. The van der Waals surface area contributed by atoms with Crippen molar-refractivity contribution in [3.05, 3.63) is 46.9 Å². The van der Waals surface area contributed by atoms with Crippen molar-refractivity contribution in [2.75, 3.05) is 13.2 Å². The Labute approximate surface area is 167 Å². The van der Waals surface area contributed by atoms with Gasteiger partial charge in [0, 0.05) is 18.4 Å². The van der Waals surface area contributed by atoms with Crippen LogP contribution in [0.3, 0.4) is 0 Å². The van der Waals surface area contributed by atoms with E-state index in [-0.39, 0.29) is 17.1 Å². The lowest BCUT2D eigenvalue weighted by Gasteiger charge is -2.11. The number of fused-ring (bicyclic) bond motifs is 1. The molecule has 6 nitrogen and oxygen atoms in total. The van der Waals surface area contributed by atoms with E-state index in [0.717, 1.165) is 40.3 Å². The number of ether oxygens (including phenoxy) is 1. The molecule has 2 aromatic rings. The standard InChI is InChI=1S/C21H22N2O4S/c1-2-11-22-19(24)8-5-12-27-17-10-9-14(15-6-3-4-7-16(15)17)13-18-20(25)23-21(26)28-18/h3-4,6-7,9-10,13H,2,5,8,11-12H2,1H3,(H,22,24)(H,23,25,26). The van der Waals surface area contributed by atoms with Crippen LogP contribution in [0, 0.1) is 0 Å². The third kappa shape index (κ3) is 4.92. The molecule has 1 aliphatic rings. The highest BCUT2D eigenvalue weighted by Crippen LogP contribution is 2.32. The fourth-order valence-corrected chi connectivity index (χ4v) is 3.55. The van der Waals surface area contributed by atoms with Crippen LogP contribution in [0.2, 0.25) is 0 Å². The predicted octanol–water partition coefficient (Wildman–Crippen LogP) is 3.85. The largest absolute Gasteiger partial charge is 0.493 e. The summed E-state index contributed by atoms with van der Waals surface area (Å²) in [7, 11) is 0. The van der Waals surface area contributed by atoms with Gasteiger partial charge in [-0.2, -0.15) is 0 Å². The Hall–Kier alpha value is -2.80. The first-order chi connectivity index (χ1) is 13.6. The van der Waals surface area contributed by atoms with E-state index >= 15 is 0 Å². The molecule has 0 radical (unpaired) electrons. The van der Waals surface area contributed by atoms with Crippen molar-refractivity contribution in [1.29, 1.82) is 0 Å². The smallest absolute Gasteiger partial charge is 0.290 e.